The van der Waals surface area contributed by atoms with E-state index in [1.54, 1.807) is 6.20 Å². The smallest absolute Gasteiger partial charge is 0.139 e. The van der Waals surface area contributed by atoms with Gasteiger partial charge in [-0.15, -0.1) is 12.4 Å². The molecule has 2 rings (SSSR count). The van der Waals surface area contributed by atoms with Crippen molar-refractivity contribution < 1.29 is 5.11 Å². The molecule has 2 aromatic heterocycles. The Bertz CT molecular complexity index is 386. The topological polar surface area (TPSA) is 38.0 Å². The summed E-state index contributed by atoms with van der Waals surface area (Å²) in [5.41, 5.74) is 0.937. The Morgan fingerprint density at radius 2 is 2.23 bits per heavy atom. The van der Waals surface area contributed by atoms with Crippen molar-refractivity contribution in [3.63, 3.8) is 0 Å². The molecule has 0 spiro atoms. The van der Waals surface area contributed by atoms with Gasteiger partial charge < -0.3 is 9.67 Å². The molecule has 0 radical (unpaired) electrons. The molecule has 4 heteroatoms. The van der Waals surface area contributed by atoms with Crippen LogP contribution in [-0.4, -0.2) is 21.3 Å². The highest BCUT2D eigenvalue weighted by molar-refractivity contribution is 5.85. The minimum Gasteiger partial charge on any atom is -0.395 e. The summed E-state index contributed by atoms with van der Waals surface area (Å²) in [6, 6.07) is 5.92. The summed E-state index contributed by atoms with van der Waals surface area (Å²) < 4.78 is 1.94. The van der Waals surface area contributed by atoms with E-state index in [2.05, 4.69) is 4.98 Å². The molecule has 3 nitrogen and oxygen atoms in total. The predicted octanol–water partition coefficient (Wildman–Crippen LogP) is 1.45. The molecule has 0 aliphatic heterocycles. The van der Waals surface area contributed by atoms with Crippen molar-refractivity contribution in [2.24, 2.45) is 0 Å². The summed E-state index contributed by atoms with van der Waals surface area (Å²) in [6.45, 7) is 0.765. The maximum absolute atomic E-state index is 8.75. The molecule has 0 amide bonds. The Kier molecular flexibility index (Phi) is 3.28. The fourth-order valence-corrected chi connectivity index (χ4v) is 1.31. The highest BCUT2D eigenvalue weighted by atomic mass is 35.5. The number of rotatable bonds is 2. The lowest BCUT2D eigenvalue weighted by molar-refractivity contribution is 0.278. The third-order valence-corrected chi connectivity index (χ3v) is 1.86. The first-order valence-corrected chi connectivity index (χ1v) is 3.92. The summed E-state index contributed by atoms with van der Waals surface area (Å²) in [6.07, 6.45) is 3.70. The molecule has 0 unspecified atom stereocenters. The van der Waals surface area contributed by atoms with E-state index in [-0.39, 0.29) is 19.0 Å². The van der Waals surface area contributed by atoms with Gasteiger partial charge in [-0.05, 0) is 18.2 Å². The largest absolute Gasteiger partial charge is 0.395 e. The van der Waals surface area contributed by atoms with E-state index in [1.165, 1.54) is 0 Å². The van der Waals surface area contributed by atoms with Crippen LogP contribution in [0.1, 0.15) is 0 Å². The number of hydrogen-bond acceptors (Lipinski definition) is 2. The van der Waals surface area contributed by atoms with Gasteiger partial charge in [0.1, 0.15) is 5.65 Å². The Hall–Kier alpha value is -1.06. The van der Waals surface area contributed by atoms with Crippen LogP contribution in [0.15, 0.2) is 30.6 Å². The van der Waals surface area contributed by atoms with Crippen LogP contribution in [0.25, 0.3) is 11.0 Å². The number of aliphatic hydroxyl groups is 1. The second-order valence-corrected chi connectivity index (χ2v) is 2.65. The number of hydrogen-bond donors (Lipinski definition) is 1. The third-order valence-electron chi connectivity index (χ3n) is 1.86. The van der Waals surface area contributed by atoms with Crippen LogP contribution < -0.4 is 0 Å². The second kappa shape index (κ2) is 4.25. The standard InChI is InChI=1S/C9H10N2O.ClH/c12-7-6-11-5-3-8-2-1-4-10-9(8)11;/h1-5,12H,6-7H2;1H. The quantitative estimate of drug-likeness (QED) is 0.793. The first kappa shape index (κ1) is 10.0. The van der Waals surface area contributed by atoms with Crippen LogP contribution in [0.4, 0.5) is 0 Å². The first-order chi connectivity index (χ1) is 5.92. The van der Waals surface area contributed by atoms with Gasteiger partial charge in [0.25, 0.3) is 0 Å². The van der Waals surface area contributed by atoms with Gasteiger partial charge in [0, 0.05) is 24.3 Å². The zero-order valence-corrected chi connectivity index (χ0v) is 7.87. The molecule has 2 aromatic rings. The van der Waals surface area contributed by atoms with Crippen molar-refractivity contribution in [3.8, 4) is 0 Å². The number of fused-ring (bicyclic) bond motifs is 1. The normalized spacial score (nSPS) is 9.92. The maximum atomic E-state index is 8.75. The van der Waals surface area contributed by atoms with Crippen LogP contribution in [0, 0.1) is 0 Å². The van der Waals surface area contributed by atoms with E-state index >= 15 is 0 Å². The minimum absolute atomic E-state index is 0. The highest BCUT2D eigenvalue weighted by Gasteiger charge is 1.98. The average molecular weight is 199 g/mol. The number of pyridine rings is 1. The number of nitrogens with zero attached hydrogens (tertiary/aromatic N) is 2. The lowest BCUT2D eigenvalue weighted by Crippen LogP contribution is -2.00. The second-order valence-electron chi connectivity index (χ2n) is 2.65. The number of halogens is 1. The van der Waals surface area contributed by atoms with E-state index in [9.17, 15) is 0 Å². The van der Waals surface area contributed by atoms with Gasteiger partial charge in [0.05, 0.1) is 6.61 Å². The number of aliphatic hydroxyl groups excluding tert-OH is 1. The SMILES string of the molecule is Cl.OCCn1ccc2cccnc21. The van der Waals surface area contributed by atoms with Gasteiger partial charge >= 0.3 is 0 Å². The Morgan fingerprint density at radius 1 is 1.38 bits per heavy atom. The van der Waals surface area contributed by atoms with E-state index < -0.39 is 0 Å². The van der Waals surface area contributed by atoms with Crippen LogP contribution >= 0.6 is 12.4 Å². The van der Waals surface area contributed by atoms with Crippen molar-refractivity contribution in [1.29, 1.82) is 0 Å². The van der Waals surface area contributed by atoms with Crippen molar-refractivity contribution in [2.45, 2.75) is 6.54 Å². The fourth-order valence-electron chi connectivity index (χ4n) is 1.31. The molecule has 0 fully saturated rings. The maximum Gasteiger partial charge on any atom is 0.139 e. The zero-order valence-electron chi connectivity index (χ0n) is 7.05. The molecule has 0 saturated heterocycles. The fraction of sp³-hybridized carbons (Fsp3) is 0.222. The average Bonchev–Trinajstić information content (AvgIpc) is 2.50. The Balaban J connectivity index is 0.000000845. The highest BCUT2D eigenvalue weighted by Crippen LogP contribution is 2.11. The van der Waals surface area contributed by atoms with Crippen molar-refractivity contribution in [2.75, 3.05) is 6.61 Å². The monoisotopic (exact) mass is 198 g/mol. The summed E-state index contributed by atoms with van der Waals surface area (Å²) in [7, 11) is 0. The van der Waals surface area contributed by atoms with E-state index in [4.69, 9.17) is 5.11 Å². The summed E-state index contributed by atoms with van der Waals surface area (Å²) in [5, 5.41) is 9.87. The Morgan fingerprint density at radius 3 is 3.00 bits per heavy atom. The summed E-state index contributed by atoms with van der Waals surface area (Å²) in [4.78, 5) is 4.21. The van der Waals surface area contributed by atoms with Crippen LogP contribution in [0.2, 0.25) is 0 Å². The molecular formula is C9H11ClN2O. The van der Waals surface area contributed by atoms with Crippen LogP contribution in [0.5, 0.6) is 0 Å². The van der Waals surface area contributed by atoms with Gasteiger partial charge in [-0.3, -0.25) is 0 Å². The van der Waals surface area contributed by atoms with Gasteiger partial charge in [0.15, 0.2) is 0 Å². The third kappa shape index (κ3) is 1.82. The van der Waals surface area contributed by atoms with Gasteiger partial charge in [-0.2, -0.15) is 0 Å². The van der Waals surface area contributed by atoms with Gasteiger partial charge in [-0.25, -0.2) is 4.98 Å². The van der Waals surface area contributed by atoms with Gasteiger partial charge in [-0.1, -0.05) is 0 Å². The lowest BCUT2D eigenvalue weighted by Gasteiger charge is -1.99. The van der Waals surface area contributed by atoms with Crippen LogP contribution in [-0.2, 0) is 6.54 Å². The van der Waals surface area contributed by atoms with E-state index in [1.807, 2.05) is 29.0 Å². The zero-order chi connectivity index (χ0) is 8.39. The molecule has 1 N–H and O–H groups in total. The molecule has 2 heterocycles. The molecule has 0 atom stereocenters. The Labute approximate surface area is 82.4 Å². The van der Waals surface area contributed by atoms with Gasteiger partial charge in [0.2, 0.25) is 0 Å². The number of aromatic nitrogens is 2. The van der Waals surface area contributed by atoms with Crippen molar-refractivity contribution in [1.82, 2.24) is 9.55 Å². The predicted molar refractivity (Wildman–Crippen MR) is 54.1 cm³/mol. The molecule has 13 heavy (non-hydrogen) atoms. The van der Waals surface area contributed by atoms with E-state index in [0.717, 1.165) is 11.0 Å². The molecule has 0 bridgehead atoms. The summed E-state index contributed by atoms with van der Waals surface area (Å²) >= 11 is 0. The molecule has 0 aliphatic rings. The van der Waals surface area contributed by atoms with Crippen molar-refractivity contribution in [3.05, 3.63) is 30.6 Å². The molecule has 70 valence electrons. The molecular weight excluding hydrogens is 188 g/mol. The minimum atomic E-state index is 0. The molecule has 0 saturated carbocycles. The van der Waals surface area contributed by atoms with E-state index in [0.29, 0.717) is 6.54 Å². The summed E-state index contributed by atoms with van der Waals surface area (Å²) in [5.74, 6) is 0. The van der Waals surface area contributed by atoms with Crippen molar-refractivity contribution >= 4 is 23.4 Å². The molecule has 0 aromatic carbocycles. The first-order valence-electron chi connectivity index (χ1n) is 3.92. The van der Waals surface area contributed by atoms with Crippen LogP contribution in [0.3, 0.4) is 0 Å². The lowest BCUT2D eigenvalue weighted by atomic mass is 10.3. The molecule has 0 aliphatic carbocycles.